The molecule has 8 heteroatoms. The Balaban J connectivity index is 1.71. The monoisotopic (exact) mass is 349 g/mol. The highest BCUT2D eigenvalue weighted by Gasteiger charge is 2.15. The number of nitrogens with zero attached hydrogens (tertiary/aromatic N) is 2. The van der Waals surface area contributed by atoms with Crippen molar-refractivity contribution >= 4 is 34.3 Å². The van der Waals surface area contributed by atoms with E-state index in [0.717, 1.165) is 34.8 Å². The second-order valence-electron chi connectivity index (χ2n) is 4.76. The van der Waals surface area contributed by atoms with E-state index in [9.17, 15) is 18.0 Å². The van der Waals surface area contributed by atoms with Crippen molar-refractivity contribution in [1.82, 2.24) is 9.97 Å². The molecular formula is C16H10F3N3OS. The number of amides is 1. The summed E-state index contributed by atoms with van der Waals surface area (Å²) in [5.74, 6) is -5.00. The highest BCUT2D eigenvalue weighted by atomic mass is 32.2. The number of aromatic nitrogens is 2. The molecule has 0 bridgehead atoms. The third kappa shape index (κ3) is 3.33. The second-order valence-corrected chi connectivity index (χ2v) is 5.72. The Morgan fingerprint density at radius 3 is 2.67 bits per heavy atom. The van der Waals surface area contributed by atoms with Crippen LogP contribution in [0.1, 0.15) is 0 Å². The molecule has 0 saturated carbocycles. The van der Waals surface area contributed by atoms with Crippen molar-refractivity contribution in [3.63, 3.8) is 0 Å². The lowest BCUT2D eigenvalue weighted by Gasteiger charge is -2.08. The Hall–Kier alpha value is -2.61. The summed E-state index contributed by atoms with van der Waals surface area (Å²) in [6.07, 6.45) is 1.39. The Morgan fingerprint density at radius 1 is 1.04 bits per heavy atom. The normalized spacial score (nSPS) is 10.8. The number of anilines is 1. The molecule has 1 N–H and O–H groups in total. The van der Waals surface area contributed by atoms with Gasteiger partial charge in [-0.3, -0.25) is 4.79 Å². The molecule has 0 atom stereocenters. The summed E-state index contributed by atoms with van der Waals surface area (Å²) < 4.78 is 39.5. The van der Waals surface area contributed by atoms with Gasteiger partial charge in [-0.2, -0.15) is 0 Å². The summed E-state index contributed by atoms with van der Waals surface area (Å²) in [6.45, 7) is 0. The quantitative estimate of drug-likeness (QED) is 0.442. The van der Waals surface area contributed by atoms with Gasteiger partial charge in [0.25, 0.3) is 0 Å². The van der Waals surface area contributed by atoms with E-state index in [-0.39, 0.29) is 5.75 Å². The lowest BCUT2D eigenvalue weighted by molar-refractivity contribution is -0.113. The summed E-state index contributed by atoms with van der Waals surface area (Å²) in [6, 6.07) is 9.02. The Morgan fingerprint density at radius 2 is 1.83 bits per heavy atom. The maximum absolute atomic E-state index is 13.5. The molecule has 0 aliphatic heterocycles. The minimum atomic E-state index is -1.62. The van der Waals surface area contributed by atoms with E-state index in [1.54, 1.807) is 0 Å². The number of halogens is 3. The van der Waals surface area contributed by atoms with Crippen LogP contribution < -0.4 is 5.32 Å². The maximum Gasteiger partial charge on any atom is 0.234 e. The Bertz CT molecular complexity index is 915. The smallest absolute Gasteiger partial charge is 0.234 e. The number of thioether (sulfide) groups is 1. The van der Waals surface area contributed by atoms with E-state index >= 15 is 0 Å². The Labute approximate surface area is 139 Å². The zero-order chi connectivity index (χ0) is 17.1. The number of benzene rings is 2. The van der Waals surface area contributed by atoms with Crippen molar-refractivity contribution in [3.8, 4) is 0 Å². The van der Waals surface area contributed by atoms with Gasteiger partial charge in [-0.05, 0) is 18.2 Å². The van der Waals surface area contributed by atoms with Crippen LogP contribution in [0.15, 0.2) is 47.8 Å². The summed E-state index contributed by atoms with van der Waals surface area (Å²) >= 11 is 1.14. The van der Waals surface area contributed by atoms with Crippen molar-refractivity contribution in [1.29, 1.82) is 0 Å². The van der Waals surface area contributed by atoms with Gasteiger partial charge in [-0.15, -0.1) is 0 Å². The lowest BCUT2D eigenvalue weighted by atomic mass is 10.2. The molecule has 4 nitrogen and oxygen atoms in total. The summed E-state index contributed by atoms with van der Waals surface area (Å²) in [5.41, 5.74) is 0.328. The number of carbonyl (C=O) groups is 1. The first-order chi connectivity index (χ1) is 11.6. The predicted octanol–water partition coefficient (Wildman–Crippen LogP) is 3.78. The fourth-order valence-electron chi connectivity index (χ4n) is 2.04. The van der Waals surface area contributed by atoms with Gasteiger partial charge in [0.1, 0.15) is 11.4 Å². The van der Waals surface area contributed by atoms with E-state index in [1.165, 1.54) is 6.33 Å². The largest absolute Gasteiger partial charge is 0.323 e. The number of hydrogen-bond acceptors (Lipinski definition) is 4. The summed E-state index contributed by atoms with van der Waals surface area (Å²) in [5, 5.41) is 3.60. The zero-order valence-electron chi connectivity index (χ0n) is 12.1. The van der Waals surface area contributed by atoms with Gasteiger partial charge >= 0.3 is 0 Å². The molecule has 24 heavy (non-hydrogen) atoms. The maximum atomic E-state index is 13.5. The van der Waals surface area contributed by atoms with Crippen molar-refractivity contribution in [2.24, 2.45) is 0 Å². The molecule has 0 saturated heterocycles. The van der Waals surface area contributed by atoms with Crippen LogP contribution in [0.2, 0.25) is 0 Å². The topological polar surface area (TPSA) is 54.9 Å². The van der Waals surface area contributed by atoms with Crippen molar-refractivity contribution < 1.29 is 18.0 Å². The lowest BCUT2D eigenvalue weighted by Crippen LogP contribution is -2.16. The van der Waals surface area contributed by atoms with Gasteiger partial charge in [0, 0.05) is 5.39 Å². The second kappa shape index (κ2) is 6.88. The van der Waals surface area contributed by atoms with Crippen LogP contribution in [0.4, 0.5) is 18.9 Å². The molecular weight excluding hydrogens is 339 g/mol. The number of para-hydroxylation sites is 1. The fourth-order valence-corrected chi connectivity index (χ4v) is 2.83. The van der Waals surface area contributed by atoms with Gasteiger partial charge < -0.3 is 5.32 Å². The zero-order valence-corrected chi connectivity index (χ0v) is 12.9. The van der Waals surface area contributed by atoms with E-state index in [0.29, 0.717) is 5.03 Å². The molecule has 0 aliphatic carbocycles. The van der Waals surface area contributed by atoms with E-state index in [1.807, 2.05) is 24.3 Å². The molecule has 122 valence electrons. The highest BCUT2D eigenvalue weighted by Crippen LogP contribution is 2.25. The molecule has 0 fully saturated rings. The molecule has 1 amide bonds. The van der Waals surface area contributed by atoms with E-state index < -0.39 is 29.0 Å². The van der Waals surface area contributed by atoms with Crippen LogP contribution in [0.5, 0.6) is 0 Å². The Kier molecular flexibility index (Phi) is 4.66. The first kappa shape index (κ1) is 16.3. The third-order valence-corrected chi connectivity index (χ3v) is 4.16. The number of carbonyl (C=O) groups excluding carboxylic acids is 1. The van der Waals surface area contributed by atoms with Crippen molar-refractivity contribution in [2.75, 3.05) is 11.1 Å². The minimum Gasteiger partial charge on any atom is -0.323 e. The number of nitrogens with one attached hydrogen (secondary N) is 1. The molecule has 3 aromatic rings. The van der Waals surface area contributed by atoms with Crippen LogP contribution in [0.3, 0.4) is 0 Å². The van der Waals surface area contributed by atoms with E-state index in [2.05, 4.69) is 15.3 Å². The first-order valence-electron chi connectivity index (χ1n) is 6.82. The fraction of sp³-hybridized carbons (Fsp3) is 0.0625. The average molecular weight is 349 g/mol. The number of fused-ring (bicyclic) bond motifs is 1. The van der Waals surface area contributed by atoms with Crippen LogP contribution >= 0.6 is 11.8 Å². The van der Waals surface area contributed by atoms with E-state index in [4.69, 9.17) is 0 Å². The highest BCUT2D eigenvalue weighted by molar-refractivity contribution is 8.00. The van der Waals surface area contributed by atoms with Crippen LogP contribution in [-0.2, 0) is 4.79 Å². The van der Waals surface area contributed by atoms with Crippen LogP contribution in [-0.4, -0.2) is 21.6 Å². The SMILES string of the molecule is O=C(CSc1ncnc2ccccc12)Nc1ccc(F)c(F)c1F. The first-order valence-corrected chi connectivity index (χ1v) is 7.80. The molecule has 0 aliphatic rings. The van der Waals surface area contributed by atoms with Crippen LogP contribution in [0, 0.1) is 17.5 Å². The predicted molar refractivity (Wildman–Crippen MR) is 85.2 cm³/mol. The number of hydrogen-bond donors (Lipinski definition) is 1. The molecule has 0 radical (unpaired) electrons. The molecule has 0 spiro atoms. The average Bonchev–Trinajstić information content (AvgIpc) is 2.60. The molecule has 2 aromatic carbocycles. The third-order valence-electron chi connectivity index (χ3n) is 3.16. The van der Waals surface area contributed by atoms with Gasteiger partial charge in [0.2, 0.25) is 5.91 Å². The van der Waals surface area contributed by atoms with Crippen molar-refractivity contribution in [2.45, 2.75) is 5.03 Å². The molecule has 0 unspecified atom stereocenters. The molecule has 3 rings (SSSR count). The van der Waals surface area contributed by atoms with Gasteiger partial charge in [0.15, 0.2) is 17.5 Å². The number of rotatable bonds is 4. The van der Waals surface area contributed by atoms with Crippen LogP contribution in [0.25, 0.3) is 10.9 Å². The van der Waals surface area contributed by atoms with Crippen molar-refractivity contribution in [3.05, 3.63) is 60.2 Å². The standard InChI is InChI=1S/C16H10F3N3OS/c17-10-5-6-12(15(19)14(10)18)22-13(23)7-24-16-9-3-1-2-4-11(9)20-8-21-16/h1-6,8H,7H2,(H,22,23). The van der Waals surface area contributed by atoms with Gasteiger partial charge in [-0.1, -0.05) is 30.0 Å². The minimum absolute atomic E-state index is 0.0700. The van der Waals surface area contributed by atoms with Gasteiger partial charge in [0.05, 0.1) is 17.0 Å². The molecule has 1 heterocycles. The summed E-state index contributed by atoms with van der Waals surface area (Å²) in [7, 11) is 0. The summed E-state index contributed by atoms with van der Waals surface area (Å²) in [4.78, 5) is 20.1. The van der Waals surface area contributed by atoms with Gasteiger partial charge in [-0.25, -0.2) is 23.1 Å². The molecule has 1 aromatic heterocycles.